The molecule has 0 bridgehead atoms. The van der Waals surface area contributed by atoms with Gasteiger partial charge in [0.2, 0.25) is 0 Å². The Balaban J connectivity index is 0. The van der Waals surface area contributed by atoms with E-state index >= 15 is 0 Å². The standard InChI is InChI=1S/C6H4ClN2O.Li.H2O/c7-6-2-1-5(3-4-10)8-9-6;;/h1-2H,3H2;;1H2/q-1;+1;/p-1. The van der Waals surface area contributed by atoms with E-state index in [1.807, 2.05) is 0 Å². The van der Waals surface area contributed by atoms with Crippen molar-refractivity contribution in [2.75, 3.05) is 0 Å². The van der Waals surface area contributed by atoms with Crippen LogP contribution in [0.1, 0.15) is 5.69 Å². The van der Waals surface area contributed by atoms with Gasteiger partial charge in [0.15, 0.2) is 5.15 Å². The summed E-state index contributed by atoms with van der Waals surface area (Å²) in [6.45, 7) is 0. The van der Waals surface area contributed by atoms with E-state index in [2.05, 4.69) is 10.2 Å². The van der Waals surface area contributed by atoms with Crippen molar-refractivity contribution in [3.8, 4) is 0 Å². The molecule has 0 saturated carbocycles. The molecule has 0 radical (unpaired) electrons. The molecule has 0 aliphatic carbocycles. The largest absolute Gasteiger partial charge is 1.00 e. The zero-order valence-electron chi connectivity index (χ0n) is 6.49. The molecule has 0 aliphatic heterocycles. The minimum absolute atomic E-state index is 0. The van der Waals surface area contributed by atoms with Crippen molar-refractivity contribution in [1.29, 1.82) is 0 Å². The third-order valence-corrected chi connectivity index (χ3v) is 1.14. The van der Waals surface area contributed by atoms with Gasteiger partial charge in [-0.3, -0.25) is 6.29 Å². The second-order valence-corrected chi connectivity index (χ2v) is 2.06. The fourth-order valence-electron chi connectivity index (χ4n) is 0.512. The fourth-order valence-corrected chi connectivity index (χ4v) is 0.613. The van der Waals surface area contributed by atoms with Gasteiger partial charge in [0, 0.05) is 5.69 Å². The molecule has 1 aromatic heterocycles. The minimum atomic E-state index is 0. The molecule has 0 amide bonds. The first-order valence-electron chi connectivity index (χ1n) is 2.66. The molecular weight excluding hydrogens is 174 g/mol. The minimum Gasteiger partial charge on any atom is -0.870 e. The van der Waals surface area contributed by atoms with Crippen LogP contribution in [-0.4, -0.2) is 22.0 Å². The molecule has 0 aromatic carbocycles. The summed E-state index contributed by atoms with van der Waals surface area (Å²) in [6, 6.07) is 3.22. The van der Waals surface area contributed by atoms with Crippen LogP contribution >= 0.6 is 11.6 Å². The summed E-state index contributed by atoms with van der Waals surface area (Å²) in [5.74, 6) is 0. The van der Waals surface area contributed by atoms with Crippen LogP contribution in [0.25, 0.3) is 0 Å². The monoisotopic (exact) mass is 179 g/mol. The van der Waals surface area contributed by atoms with Gasteiger partial charge in [0.25, 0.3) is 0 Å². The quantitative estimate of drug-likeness (QED) is 0.375. The zero-order valence-corrected chi connectivity index (χ0v) is 7.25. The Morgan fingerprint density at radius 3 is 2.50 bits per heavy atom. The number of hydrogen-bond donors (Lipinski definition) is 0. The Kier molecular flexibility index (Phi) is 8.55. The summed E-state index contributed by atoms with van der Waals surface area (Å²) in [6.07, 6.45) is 1.88. The van der Waals surface area contributed by atoms with Crippen molar-refractivity contribution in [2.45, 2.75) is 6.42 Å². The summed E-state index contributed by atoms with van der Waals surface area (Å²) < 4.78 is 0. The molecule has 1 heterocycles. The molecule has 0 saturated heterocycles. The van der Waals surface area contributed by atoms with Gasteiger partial charge in [-0.25, -0.2) is 0 Å². The Morgan fingerprint density at radius 1 is 1.42 bits per heavy atom. The van der Waals surface area contributed by atoms with Gasteiger partial charge in [-0.15, -0.1) is 11.5 Å². The van der Waals surface area contributed by atoms with E-state index in [4.69, 9.17) is 11.6 Å². The molecule has 0 unspecified atom stereocenters. The van der Waals surface area contributed by atoms with Gasteiger partial charge < -0.3 is 10.3 Å². The molecule has 0 aliphatic rings. The van der Waals surface area contributed by atoms with Crippen LogP contribution in [-0.2, 0) is 11.2 Å². The SMILES string of the molecule is O=[C-]Cc1ccc(Cl)nn1.[Li+].[OH-]. The van der Waals surface area contributed by atoms with Crippen LogP contribution in [0.4, 0.5) is 0 Å². The summed E-state index contributed by atoms with van der Waals surface area (Å²) in [4.78, 5) is 9.83. The van der Waals surface area contributed by atoms with Crippen molar-refractivity contribution < 1.29 is 29.1 Å². The smallest absolute Gasteiger partial charge is 0.870 e. The van der Waals surface area contributed by atoms with Gasteiger partial charge in [-0.2, -0.15) is 5.10 Å². The topological polar surface area (TPSA) is 72.8 Å². The first kappa shape index (κ1) is 14.1. The molecule has 1 N–H and O–H groups in total. The van der Waals surface area contributed by atoms with Crippen molar-refractivity contribution in [3.63, 3.8) is 0 Å². The van der Waals surface area contributed by atoms with Crippen molar-refractivity contribution in [3.05, 3.63) is 23.0 Å². The maximum Gasteiger partial charge on any atom is 1.00 e. The van der Waals surface area contributed by atoms with Gasteiger partial charge >= 0.3 is 18.9 Å². The zero-order chi connectivity index (χ0) is 7.40. The maximum atomic E-state index is 9.83. The van der Waals surface area contributed by atoms with Crippen LogP contribution in [0.2, 0.25) is 5.15 Å². The molecule has 0 fully saturated rings. The normalized spacial score (nSPS) is 7.75. The molecule has 1 rings (SSSR count). The van der Waals surface area contributed by atoms with Crippen LogP contribution < -0.4 is 18.9 Å². The number of carbonyl (C=O) groups excluding carboxylic acids is 1. The van der Waals surface area contributed by atoms with E-state index in [1.54, 1.807) is 18.4 Å². The number of halogens is 1. The Bertz CT molecular complexity index is 229. The van der Waals surface area contributed by atoms with Crippen molar-refractivity contribution in [1.82, 2.24) is 10.2 Å². The average molecular weight is 180 g/mol. The van der Waals surface area contributed by atoms with Gasteiger partial charge in [-0.1, -0.05) is 11.6 Å². The number of rotatable bonds is 2. The van der Waals surface area contributed by atoms with E-state index in [9.17, 15) is 4.79 Å². The van der Waals surface area contributed by atoms with Gasteiger partial charge in [-0.05, 0) is 12.1 Å². The summed E-state index contributed by atoms with van der Waals surface area (Å²) >= 11 is 5.44. The fraction of sp³-hybridized carbons (Fsp3) is 0.167. The third-order valence-electron chi connectivity index (χ3n) is 0.941. The molecule has 4 nitrogen and oxygen atoms in total. The third kappa shape index (κ3) is 4.47. The summed E-state index contributed by atoms with van der Waals surface area (Å²) in [5, 5.41) is 7.49. The van der Waals surface area contributed by atoms with Crippen LogP contribution in [0, 0.1) is 0 Å². The molecule has 1 aromatic rings. The second-order valence-electron chi connectivity index (χ2n) is 1.67. The molecule has 60 valence electrons. The van der Waals surface area contributed by atoms with E-state index < -0.39 is 0 Å². The van der Waals surface area contributed by atoms with E-state index in [1.165, 1.54) is 0 Å². The van der Waals surface area contributed by atoms with Gasteiger partial charge in [0.05, 0.1) is 0 Å². The second kappa shape index (κ2) is 7.26. The molecule has 12 heavy (non-hydrogen) atoms. The predicted octanol–water partition coefficient (Wildman–Crippen LogP) is -2.39. The van der Waals surface area contributed by atoms with Gasteiger partial charge in [0.1, 0.15) is 0 Å². The number of hydrogen-bond acceptors (Lipinski definition) is 4. The number of aromatic nitrogens is 2. The molecule has 0 atom stereocenters. The first-order valence-corrected chi connectivity index (χ1v) is 3.04. The predicted molar refractivity (Wildman–Crippen MR) is 38.4 cm³/mol. The number of nitrogens with zero attached hydrogens (tertiary/aromatic N) is 2. The van der Waals surface area contributed by atoms with Crippen LogP contribution in [0.5, 0.6) is 0 Å². The summed E-state index contributed by atoms with van der Waals surface area (Å²) in [5.41, 5.74) is 0.583. The first-order chi connectivity index (χ1) is 4.83. The van der Waals surface area contributed by atoms with E-state index in [-0.39, 0.29) is 30.8 Å². The van der Waals surface area contributed by atoms with Crippen molar-refractivity contribution in [2.24, 2.45) is 0 Å². The molecular formula is C6H5ClLiN2O2-. The van der Waals surface area contributed by atoms with E-state index in [0.29, 0.717) is 10.8 Å². The van der Waals surface area contributed by atoms with Crippen LogP contribution in [0.15, 0.2) is 12.1 Å². The molecule has 0 spiro atoms. The van der Waals surface area contributed by atoms with Crippen LogP contribution in [0.3, 0.4) is 0 Å². The summed E-state index contributed by atoms with van der Waals surface area (Å²) in [7, 11) is 0. The molecule has 6 heteroatoms. The maximum absolute atomic E-state index is 9.83. The average Bonchev–Trinajstić information content (AvgIpc) is 1.95. The van der Waals surface area contributed by atoms with E-state index in [0.717, 1.165) is 0 Å². The Hall–Kier alpha value is -0.403. The Labute approximate surface area is 86.8 Å². The van der Waals surface area contributed by atoms with Crippen molar-refractivity contribution >= 4 is 17.9 Å². The Morgan fingerprint density at radius 2 is 2.08 bits per heavy atom.